The molecule has 5 rings (SSSR count). The molecule has 5 heteroatoms. The molecule has 35 heavy (non-hydrogen) atoms. The molecule has 1 amide bonds. The van der Waals surface area contributed by atoms with Gasteiger partial charge in [0.05, 0.1) is 18.2 Å². The van der Waals surface area contributed by atoms with E-state index in [-0.39, 0.29) is 11.3 Å². The molecule has 1 aliphatic rings. The van der Waals surface area contributed by atoms with E-state index in [0.717, 1.165) is 16.3 Å². The van der Waals surface area contributed by atoms with Crippen LogP contribution in [0.2, 0.25) is 0 Å². The summed E-state index contributed by atoms with van der Waals surface area (Å²) >= 11 is 0. The fourth-order valence-corrected chi connectivity index (χ4v) is 4.64. The molecule has 1 N–H and O–H groups in total. The first-order valence-electron chi connectivity index (χ1n) is 11.6. The van der Waals surface area contributed by atoms with Gasteiger partial charge in [0.1, 0.15) is 11.5 Å². The van der Waals surface area contributed by atoms with Crippen LogP contribution in [0.5, 0.6) is 5.75 Å². The lowest BCUT2D eigenvalue weighted by Crippen LogP contribution is -2.30. The van der Waals surface area contributed by atoms with Crippen LogP contribution < -0.4 is 9.64 Å². The Morgan fingerprint density at radius 3 is 2.29 bits per heavy atom. The molecule has 1 unspecified atom stereocenters. The van der Waals surface area contributed by atoms with E-state index < -0.39 is 17.7 Å². The lowest BCUT2D eigenvalue weighted by Gasteiger charge is -2.27. The maximum Gasteiger partial charge on any atom is 0.300 e. The highest BCUT2D eigenvalue weighted by Crippen LogP contribution is 2.43. The second kappa shape index (κ2) is 9.11. The number of fused-ring (bicyclic) bond motifs is 1. The standard InChI is InChI=1S/C30H25NO4/c1-3-35-24-16-14-21(15-17-24)27-26(28(32)23-13-12-20-9-5-6-10-22(20)18-23)29(33)30(34)31(27)25-11-7-4-8-19(25)2/h4-18,27,32H,3H2,1-2H3/b28-26-. The number of amides is 1. The van der Waals surface area contributed by atoms with Gasteiger partial charge in [0.2, 0.25) is 0 Å². The van der Waals surface area contributed by atoms with Crippen molar-refractivity contribution in [3.8, 4) is 5.75 Å². The van der Waals surface area contributed by atoms with Gasteiger partial charge in [-0.1, -0.05) is 66.7 Å². The van der Waals surface area contributed by atoms with Crippen LogP contribution in [0.4, 0.5) is 5.69 Å². The first-order chi connectivity index (χ1) is 17.0. The predicted molar refractivity (Wildman–Crippen MR) is 138 cm³/mol. The molecular formula is C30H25NO4. The fraction of sp³-hybridized carbons (Fsp3) is 0.133. The van der Waals surface area contributed by atoms with Crippen molar-refractivity contribution in [2.75, 3.05) is 11.5 Å². The van der Waals surface area contributed by atoms with Gasteiger partial charge in [0, 0.05) is 11.3 Å². The minimum Gasteiger partial charge on any atom is -0.507 e. The second-order valence-corrected chi connectivity index (χ2v) is 8.52. The Morgan fingerprint density at radius 2 is 1.57 bits per heavy atom. The quantitative estimate of drug-likeness (QED) is 0.218. The number of nitrogens with zero attached hydrogens (tertiary/aromatic N) is 1. The summed E-state index contributed by atoms with van der Waals surface area (Å²) in [6.45, 7) is 4.33. The van der Waals surface area contributed by atoms with E-state index in [2.05, 4.69) is 0 Å². The van der Waals surface area contributed by atoms with Crippen molar-refractivity contribution in [1.82, 2.24) is 0 Å². The zero-order valence-electron chi connectivity index (χ0n) is 19.6. The van der Waals surface area contributed by atoms with Gasteiger partial charge in [-0.25, -0.2) is 0 Å². The summed E-state index contributed by atoms with van der Waals surface area (Å²) in [6, 6.07) is 27.2. The van der Waals surface area contributed by atoms with Gasteiger partial charge in [-0.3, -0.25) is 14.5 Å². The van der Waals surface area contributed by atoms with Gasteiger partial charge in [-0.15, -0.1) is 0 Å². The topological polar surface area (TPSA) is 66.8 Å². The molecule has 0 radical (unpaired) electrons. The Morgan fingerprint density at radius 1 is 0.886 bits per heavy atom. The van der Waals surface area contributed by atoms with Crippen LogP contribution in [0.15, 0.2) is 96.6 Å². The summed E-state index contributed by atoms with van der Waals surface area (Å²) in [6.07, 6.45) is 0. The first kappa shape index (κ1) is 22.4. The molecule has 1 saturated heterocycles. The van der Waals surface area contributed by atoms with Crippen molar-refractivity contribution in [3.63, 3.8) is 0 Å². The number of para-hydroxylation sites is 1. The maximum absolute atomic E-state index is 13.4. The zero-order chi connectivity index (χ0) is 24.5. The molecule has 0 aliphatic carbocycles. The van der Waals surface area contributed by atoms with Crippen molar-refractivity contribution in [2.45, 2.75) is 19.9 Å². The Hall–Kier alpha value is -4.38. The maximum atomic E-state index is 13.4. The molecule has 1 heterocycles. The third-order valence-corrected chi connectivity index (χ3v) is 6.35. The van der Waals surface area contributed by atoms with E-state index >= 15 is 0 Å². The van der Waals surface area contributed by atoms with E-state index in [4.69, 9.17) is 4.74 Å². The summed E-state index contributed by atoms with van der Waals surface area (Å²) in [5.74, 6) is -0.874. The van der Waals surface area contributed by atoms with E-state index in [0.29, 0.717) is 29.2 Å². The summed E-state index contributed by atoms with van der Waals surface area (Å²) in [7, 11) is 0. The van der Waals surface area contributed by atoms with Gasteiger partial charge in [-0.2, -0.15) is 0 Å². The van der Waals surface area contributed by atoms with Crippen LogP contribution in [-0.2, 0) is 9.59 Å². The first-order valence-corrected chi connectivity index (χ1v) is 11.6. The van der Waals surface area contributed by atoms with Crippen molar-refractivity contribution in [1.29, 1.82) is 0 Å². The van der Waals surface area contributed by atoms with Crippen molar-refractivity contribution < 1.29 is 19.4 Å². The number of ketones is 1. The van der Waals surface area contributed by atoms with Crippen molar-refractivity contribution in [2.24, 2.45) is 0 Å². The number of hydrogen-bond donors (Lipinski definition) is 1. The average Bonchev–Trinajstić information content (AvgIpc) is 3.14. The minimum absolute atomic E-state index is 0.0673. The number of aliphatic hydroxyl groups excluding tert-OH is 1. The molecule has 0 bridgehead atoms. The molecule has 1 aliphatic heterocycles. The van der Waals surface area contributed by atoms with Gasteiger partial charge in [-0.05, 0) is 60.0 Å². The summed E-state index contributed by atoms with van der Waals surface area (Å²) in [4.78, 5) is 28.3. The normalized spacial score (nSPS) is 17.2. The second-order valence-electron chi connectivity index (χ2n) is 8.52. The average molecular weight is 464 g/mol. The number of carbonyl (C=O) groups excluding carboxylic acids is 2. The highest BCUT2D eigenvalue weighted by atomic mass is 16.5. The van der Waals surface area contributed by atoms with Crippen LogP contribution in [0.25, 0.3) is 16.5 Å². The SMILES string of the molecule is CCOc1ccc(C2/C(=C(/O)c3ccc4ccccc4c3)C(=O)C(=O)N2c2ccccc2C)cc1. The third-order valence-electron chi connectivity index (χ3n) is 6.35. The summed E-state index contributed by atoms with van der Waals surface area (Å²) in [5.41, 5.74) is 2.75. The number of carbonyl (C=O) groups is 2. The van der Waals surface area contributed by atoms with Crippen LogP contribution in [0, 0.1) is 6.92 Å². The number of aryl methyl sites for hydroxylation is 1. The Kier molecular flexibility index (Phi) is 5.83. The molecule has 0 spiro atoms. The number of hydrogen-bond acceptors (Lipinski definition) is 4. The molecule has 174 valence electrons. The smallest absolute Gasteiger partial charge is 0.300 e. The number of anilines is 1. The Labute approximate surface area is 203 Å². The molecule has 5 nitrogen and oxygen atoms in total. The van der Waals surface area contributed by atoms with Crippen LogP contribution in [0.3, 0.4) is 0 Å². The van der Waals surface area contributed by atoms with Crippen LogP contribution in [-0.4, -0.2) is 23.4 Å². The Balaban J connectivity index is 1.71. The molecule has 0 saturated carbocycles. The number of aliphatic hydroxyl groups is 1. The van der Waals surface area contributed by atoms with Crippen molar-refractivity contribution >= 4 is 33.9 Å². The van der Waals surface area contributed by atoms with Crippen LogP contribution in [0.1, 0.15) is 29.7 Å². The van der Waals surface area contributed by atoms with E-state index in [9.17, 15) is 14.7 Å². The van der Waals surface area contributed by atoms with Crippen LogP contribution >= 0.6 is 0 Å². The minimum atomic E-state index is -0.779. The molecular weight excluding hydrogens is 438 g/mol. The lowest BCUT2D eigenvalue weighted by molar-refractivity contribution is -0.132. The number of benzene rings is 4. The van der Waals surface area contributed by atoms with Gasteiger partial charge in [0.15, 0.2) is 0 Å². The molecule has 4 aromatic carbocycles. The number of ether oxygens (including phenoxy) is 1. The van der Waals surface area contributed by atoms with E-state index in [1.54, 1.807) is 6.07 Å². The highest BCUT2D eigenvalue weighted by molar-refractivity contribution is 6.51. The lowest BCUT2D eigenvalue weighted by atomic mass is 9.94. The van der Waals surface area contributed by atoms with Gasteiger partial charge < -0.3 is 9.84 Å². The zero-order valence-corrected chi connectivity index (χ0v) is 19.6. The highest BCUT2D eigenvalue weighted by Gasteiger charge is 2.47. The largest absolute Gasteiger partial charge is 0.507 e. The fourth-order valence-electron chi connectivity index (χ4n) is 4.64. The molecule has 4 aromatic rings. The molecule has 0 aromatic heterocycles. The molecule has 1 fully saturated rings. The molecule has 1 atom stereocenters. The van der Waals surface area contributed by atoms with E-state index in [1.165, 1.54) is 4.90 Å². The summed E-state index contributed by atoms with van der Waals surface area (Å²) < 4.78 is 5.57. The number of rotatable bonds is 5. The van der Waals surface area contributed by atoms with Gasteiger partial charge >= 0.3 is 0 Å². The third kappa shape index (κ3) is 3.95. The predicted octanol–water partition coefficient (Wildman–Crippen LogP) is 6.17. The summed E-state index contributed by atoms with van der Waals surface area (Å²) in [5, 5.41) is 13.4. The van der Waals surface area contributed by atoms with Crippen molar-refractivity contribution in [3.05, 3.63) is 113 Å². The Bertz CT molecular complexity index is 1470. The van der Waals surface area contributed by atoms with Gasteiger partial charge in [0.25, 0.3) is 11.7 Å². The van der Waals surface area contributed by atoms with E-state index in [1.807, 2.05) is 98.8 Å². The number of Topliss-reactive ketones (excluding diaryl/α,β-unsaturated/α-hetero) is 1. The monoisotopic (exact) mass is 463 g/mol.